The van der Waals surface area contributed by atoms with Crippen molar-refractivity contribution >= 4 is 52.4 Å². The quantitative estimate of drug-likeness (QED) is 0.589. The van der Waals surface area contributed by atoms with Gasteiger partial charge >= 0.3 is 11.7 Å². The summed E-state index contributed by atoms with van der Waals surface area (Å²) in [4.78, 5) is 27.1. The van der Waals surface area contributed by atoms with E-state index in [9.17, 15) is 9.59 Å². The highest BCUT2D eigenvalue weighted by Crippen LogP contribution is 2.32. The van der Waals surface area contributed by atoms with Crippen LogP contribution in [0.1, 0.15) is 50.0 Å². The van der Waals surface area contributed by atoms with Crippen molar-refractivity contribution in [3.05, 3.63) is 20.9 Å². The van der Waals surface area contributed by atoms with Gasteiger partial charge in [0.15, 0.2) is 6.10 Å². The first kappa shape index (κ1) is 20.1. The van der Waals surface area contributed by atoms with Gasteiger partial charge in [-0.1, -0.05) is 43.0 Å². The number of nitrogens with one attached hydrogen (secondary N) is 2. The minimum absolute atomic E-state index is 0.0142. The van der Waals surface area contributed by atoms with Gasteiger partial charge in [-0.3, -0.25) is 4.79 Å². The van der Waals surface area contributed by atoms with Crippen LogP contribution in [0, 0.1) is 5.92 Å². The first-order valence-corrected chi connectivity index (χ1v) is 9.22. The lowest BCUT2D eigenvalue weighted by Crippen LogP contribution is -2.46. The highest BCUT2D eigenvalue weighted by molar-refractivity contribution is 6.45. The maximum Gasteiger partial charge on any atom is 0.406 e. The van der Waals surface area contributed by atoms with Crippen molar-refractivity contribution in [2.75, 3.05) is 5.73 Å². The predicted octanol–water partition coefficient (Wildman–Crippen LogP) is 3.28. The Bertz CT molecular complexity index is 684. The Labute approximate surface area is 161 Å². The maximum atomic E-state index is 12.3. The Morgan fingerprint density at radius 3 is 2.52 bits per heavy atom. The number of nitrogen functional groups attached to an aromatic ring is 1. The number of carbonyl (C=O) groups is 2. The summed E-state index contributed by atoms with van der Waals surface area (Å²) >= 11 is 17.7. The molecule has 25 heavy (non-hydrogen) atoms. The molecule has 1 aliphatic carbocycles. The number of amides is 1. The lowest BCUT2D eigenvalue weighted by molar-refractivity contribution is -0.380. The van der Waals surface area contributed by atoms with Gasteiger partial charge in [0, 0.05) is 6.04 Å². The molecule has 4 N–H and O–H groups in total. The van der Waals surface area contributed by atoms with Gasteiger partial charge < -0.3 is 15.8 Å². The van der Waals surface area contributed by atoms with Crippen LogP contribution in [-0.2, 0) is 9.53 Å². The van der Waals surface area contributed by atoms with Gasteiger partial charge in [-0.25, -0.2) is 4.79 Å². The van der Waals surface area contributed by atoms with E-state index in [1.54, 1.807) is 0 Å². The van der Waals surface area contributed by atoms with E-state index in [-0.39, 0.29) is 38.5 Å². The second kappa shape index (κ2) is 8.43. The molecule has 0 saturated heterocycles. The molecule has 3 atom stereocenters. The molecule has 0 unspecified atom stereocenters. The van der Waals surface area contributed by atoms with Crippen LogP contribution >= 0.6 is 34.8 Å². The monoisotopic (exact) mass is 408 g/mol. The van der Waals surface area contributed by atoms with Gasteiger partial charge in [0.1, 0.15) is 10.0 Å². The summed E-state index contributed by atoms with van der Waals surface area (Å²) in [7, 11) is 0. The van der Waals surface area contributed by atoms with Crippen LogP contribution < -0.4 is 16.0 Å². The largest absolute Gasteiger partial charge is 0.445 e. The molecule has 9 heteroatoms. The van der Waals surface area contributed by atoms with Crippen molar-refractivity contribution in [1.82, 2.24) is 5.32 Å². The van der Waals surface area contributed by atoms with E-state index in [4.69, 9.17) is 45.3 Å². The van der Waals surface area contributed by atoms with Crippen molar-refractivity contribution in [2.45, 2.75) is 51.7 Å². The SMILES string of the molecule is C[C@@H]1CCCC[C@H]1NC(=O)[C@@H](C)OC(=O)c1[nH+]c(Cl)c(Cl)c(N)c1Cl. The van der Waals surface area contributed by atoms with Gasteiger partial charge in [0.05, 0.1) is 5.69 Å². The van der Waals surface area contributed by atoms with Crippen LogP contribution in [0.4, 0.5) is 5.69 Å². The maximum absolute atomic E-state index is 12.3. The Balaban J connectivity index is 2.03. The third kappa shape index (κ3) is 4.68. The Hall–Kier alpha value is -1.24. The van der Waals surface area contributed by atoms with E-state index in [1.807, 2.05) is 0 Å². The number of pyridine rings is 1. The van der Waals surface area contributed by atoms with Gasteiger partial charge in [-0.15, -0.1) is 0 Å². The summed E-state index contributed by atoms with van der Waals surface area (Å²) in [5.74, 6) is -0.788. The standard InChI is InChI=1S/C16H20Cl3N3O3/c1-7-5-3-4-6-9(7)21-15(23)8(2)25-16(24)13-10(17)12(20)11(18)14(19)22-13/h7-9H,3-6H2,1-2H3,(H2,20,22)(H,21,23)/p+1/t7-,8-,9-/m1/s1. The number of hydrogen-bond donors (Lipinski definition) is 2. The molecule has 0 radical (unpaired) electrons. The summed E-state index contributed by atoms with van der Waals surface area (Å²) in [6.07, 6.45) is 3.27. The number of hydrogen-bond acceptors (Lipinski definition) is 4. The van der Waals surface area contributed by atoms with Crippen LogP contribution in [0.15, 0.2) is 0 Å². The lowest BCUT2D eigenvalue weighted by Gasteiger charge is -2.30. The smallest absolute Gasteiger partial charge is 0.406 e. The number of carbonyl (C=O) groups excluding carboxylic acids is 2. The van der Waals surface area contributed by atoms with E-state index >= 15 is 0 Å². The molecule has 1 fully saturated rings. The number of halogens is 3. The molecule has 1 heterocycles. The van der Waals surface area contributed by atoms with E-state index in [2.05, 4.69) is 17.2 Å². The average Bonchev–Trinajstić information content (AvgIpc) is 2.58. The highest BCUT2D eigenvalue weighted by atomic mass is 35.5. The van der Waals surface area contributed by atoms with E-state index in [0.29, 0.717) is 5.92 Å². The summed E-state index contributed by atoms with van der Waals surface area (Å²) in [6.45, 7) is 3.60. The molecule has 0 bridgehead atoms. The average molecular weight is 410 g/mol. The highest BCUT2D eigenvalue weighted by Gasteiger charge is 2.31. The fourth-order valence-electron chi connectivity index (χ4n) is 2.81. The lowest BCUT2D eigenvalue weighted by atomic mass is 9.86. The summed E-state index contributed by atoms with van der Waals surface area (Å²) < 4.78 is 5.18. The molecular formula is C16H21Cl3N3O3+. The number of aromatic amines is 1. The van der Waals surface area contributed by atoms with Crippen LogP contribution in [0.2, 0.25) is 15.2 Å². The zero-order valence-corrected chi connectivity index (χ0v) is 16.3. The number of esters is 1. The minimum atomic E-state index is -0.984. The van der Waals surface area contributed by atoms with E-state index in [0.717, 1.165) is 19.3 Å². The Morgan fingerprint density at radius 2 is 1.88 bits per heavy atom. The normalized spacial score (nSPS) is 21.5. The van der Waals surface area contributed by atoms with E-state index < -0.39 is 12.1 Å². The zero-order chi connectivity index (χ0) is 18.7. The zero-order valence-electron chi connectivity index (χ0n) is 14.0. The number of ether oxygens (including phenoxy) is 1. The second-order valence-electron chi connectivity index (χ2n) is 6.28. The van der Waals surface area contributed by atoms with Gasteiger partial charge in [-0.2, -0.15) is 4.98 Å². The molecule has 1 aromatic heterocycles. The molecule has 1 saturated carbocycles. The summed E-state index contributed by atoms with van der Waals surface area (Å²) in [5, 5.41) is 2.81. The van der Waals surface area contributed by atoms with Crippen molar-refractivity contribution in [2.24, 2.45) is 5.92 Å². The van der Waals surface area contributed by atoms with Gasteiger partial charge in [0.25, 0.3) is 11.1 Å². The minimum Gasteiger partial charge on any atom is -0.445 e. The van der Waals surface area contributed by atoms with Crippen molar-refractivity contribution in [1.29, 1.82) is 0 Å². The number of anilines is 1. The van der Waals surface area contributed by atoms with Gasteiger partial charge in [-0.05, 0) is 37.3 Å². The fraction of sp³-hybridized carbons (Fsp3) is 0.562. The first-order chi connectivity index (χ1) is 11.7. The number of aromatic nitrogens is 1. The van der Waals surface area contributed by atoms with Crippen molar-refractivity contribution in [3.63, 3.8) is 0 Å². The third-order valence-electron chi connectivity index (χ3n) is 4.42. The Morgan fingerprint density at radius 1 is 1.24 bits per heavy atom. The predicted molar refractivity (Wildman–Crippen MR) is 96.9 cm³/mol. The molecular weight excluding hydrogens is 389 g/mol. The molecule has 0 aliphatic heterocycles. The summed E-state index contributed by atoms with van der Waals surface area (Å²) in [6, 6.07) is 0.0955. The molecule has 2 rings (SSSR count). The number of H-pyrrole nitrogens is 1. The second-order valence-corrected chi connectivity index (χ2v) is 7.41. The van der Waals surface area contributed by atoms with Crippen LogP contribution in [0.25, 0.3) is 0 Å². The van der Waals surface area contributed by atoms with Crippen LogP contribution in [-0.4, -0.2) is 24.0 Å². The molecule has 1 aliphatic rings. The topological polar surface area (TPSA) is 95.6 Å². The fourth-order valence-corrected chi connectivity index (χ4v) is 3.42. The van der Waals surface area contributed by atoms with Crippen molar-refractivity contribution < 1.29 is 19.3 Å². The van der Waals surface area contributed by atoms with Gasteiger partial charge in [0.2, 0.25) is 0 Å². The molecule has 0 spiro atoms. The molecule has 138 valence electrons. The molecule has 1 aromatic rings. The van der Waals surface area contributed by atoms with Crippen molar-refractivity contribution in [3.8, 4) is 0 Å². The van der Waals surface area contributed by atoms with Crippen LogP contribution in [0.5, 0.6) is 0 Å². The number of nitrogens with two attached hydrogens (primary N) is 1. The molecule has 6 nitrogen and oxygen atoms in total. The summed E-state index contributed by atoms with van der Waals surface area (Å²) in [5.41, 5.74) is 5.51. The Kier molecular flexibility index (Phi) is 6.77. The molecule has 1 amide bonds. The third-order valence-corrected chi connectivity index (χ3v) is 5.58. The van der Waals surface area contributed by atoms with Crippen LogP contribution in [0.3, 0.4) is 0 Å². The molecule has 0 aromatic carbocycles. The number of rotatable bonds is 4. The first-order valence-electron chi connectivity index (χ1n) is 8.09. The van der Waals surface area contributed by atoms with E-state index in [1.165, 1.54) is 13.3 Å².